The Kier molecular flexibility index (Phi) is 3.30. The molecule has 0 aromatic carbocycles. The zero-order valence-corrected chi connectivity index (χ0v) is 8.17. The normalized spacial score (nSPS) is 11.1. The Morgan fingerprint density at radius 1 is 1.57 bits per heavy atom. The van der Waals surface area contributed by atoms with Gasteiger partial charge in [0, 0.05) is 0 Å². The van der Waals surface area contributed by atoms with E-state index >= 15 is 0 Å². The van der Waals surface area contributed by atoms with Crippen LogP contribution in [0.25, 0.3) is 0 Å². The van der Waals surface area contributed by atoms with Crippen molar-refractivity contribution in [1.82, 2.24) is 5.32 Å². The average molecular weight is 214 g/mol. The van der Waals surface area contributed by atoms with Gasteiger partial charge in [-0.05, 0) is 12.1 Å². The molecule has 0 atom stereocenters. The van der Waals surface area contributed by atoms with Gasteiger partial charge in [0.2, 0.25) is 5.09 Å². The van der Waals surface area contributed by atoms with Gasteiger partial charge in [-0.1, -0.05) is 5.92 Å². The molecule has 1 aromatic heterocycles. The minimum Gasteiger partial charge on any atom is -0.447 e. The van der Waals surface area contributed by atoms with Gasteiger partial charge in [-0.2, -0.15) is 0 Å². The molecule has 0 aliphatic rings. The van der Waals surface area contributed by atoms with Crippen LogP contribution in [0.15, 0.2) is 21.6 Å². The lowest BCUT2D eigenvalue weighted by Crippen LogP contribution is -2.13. The van der Waals surface area contributed by atoms with Crippen molar-refractivity contribution in [3.05, 3.63) is 17.9 Å². The molecule has 0 unspecified atom stereocenters. The second kappa shape index (κ2) is 4.28. The maximum atomic E-state index is 10.8. The van der Waals surface area contributed by atoms with E-state index in [1.54, 1.807) is 0 Å². The van der Waals surface area contributed by atoms with Crippen LogP contribution in [0.2, 0.25) is 0 Å². The van der Waals surface area contributed by atoms with E-state index in [4.69, 9.17) is 16.0 Å². The molecule has 0 aliphatic heterocycles. The number of nitrogens with two attached hydrogens (primary N) is 1. The Morgan fingerprint density at radius 3 is 2.79 bits per heavy atom. The predicted octanol–water partition coefficient (Wildman–Crippen LogP) is -0.350. The second-order valence-electron chi connectivity index (χ2n) is 2.57. The molecule has 14 heavy (non-hydrogen) atoms. The molecule has 76 valence electrons. The molecule has 1 rings (SSSR count). The first-order chi connectivity index (χ1) is 6.54. The largest absolute Gasteiger partial charge is 0.447 e. The summed E-state index contributed by atoms with van der Waals surface area (Å²) in [7, 11) is -3.75. The van der Waals surface area contributed by atoms with E-state index in [0.717, 1.165) is 0 Å². The Morgan fingerprint density at radius 2 is 2.29 bits per heavy atom. The smallest absolute Gasteiger partial charge is 0.271 e. The van der Waals surface area contributed by atoms with E-state index in [-0.39, 0.29) is 5.09 Å². The van der Waals surface area contributed by atoms with Crippen molar-refractivity contribution in [2.45, 2.75) is 11.6 Å². The van der Waals surface area contributed by atoms with Gasteiger partial charge in [-0.25, -0.2) is 13.6 Å². The maximum absolute atomic E-state index is 10.8. The van der Waals surface area contributed by atoms with Crippen molar-refractivity contribution >= 4 is 10.0 Å². The molecule has 3 N–H and O–H groups in total. The number of primary sulfonamides is 1. The summed E-state index contributed by atoms with van der Waals surface area (Å²) in [6.45, 7) is 0.769. The maximum Gasteiger partial charge on any atom is 0.271 e. The first kappa shape index (κ1) is 10.8. The lowest BCUT2D eigenvalue weighted by atomic mass is 10.4. The van der Waals surface area contributed by atoms with Crippen molar-refractivity contribution in [2.24, 2.45) is 5.14 Å². The number of terminal acetylenes is 1. The van der Waals surface area contributed by atoms with Crippen LogP contribution in [-0.4, -0.2) is 15.0 Å². The summed E-state index contributed by atoms with van der Waals surface area (Å²) in [5, 5.41) is 7.46. The molecule has 6 heteroatoms. The lowest BCUT2D eigenvalue weighted by Gasteiger charge is -1.96. The SMILES string of the molecule is C#CCNCc1ccc(S(N)(=O)=O)o1. The van der Waals surface area contributed by atoms with Crippen molar-refractivity contribution in [2.75, 3.05) is 6.54 Å². The molecule has 0 amide bonds. The van der Waals surface area contributed by atoms with Crippen LogP contribution in [0.5, 0.6) is 0 Å². The van der Waals surface area contributed by atoms with Gasteiger partial charge in [0.1, 0.15) is 5.76 Å². The predicted molar refractivity (Wildman–Crippen MR) is 50.6 cm³/mol. The van der Waals surface area contributed by atoms with E-state index in [9.17, 15) is 8.42 Å². The summed E-state index contributed by atoms with van der Waals surface area (Å²) in [6.07, 6.45) is 5.01. The summed E-state index contributed by atoms with van der Waals surface area (Å²) in [5.74, 6) is 2.86. The van der Waals surface area contributed by atoms with Crippen molar-refractivity contribution in [3.8, 4) is 12.3 Å². The van der Waals surface area contributed by atoms with Crippen LogP contribution in [0.3, 0.4) is 0 Å². The Hall–Kier alpha value is -1.29. The van der Waals surface area contributed by atoms with Crippen LogP contribution < -0.4 is 10.5 Å². The minimum absolute atomic E-state index is 0.241. The molecule has 5 nitrogen and oxygen atoms in total. The van der Waals surface area contributed by atoms with E-state index in [0.29, 0.717) is 18.8 Å². The van der Waals surface area contributed by atoms with Gasteiger partial charge in [-0.3, -0.25) is 5.32 Å². The molecule has 0 aliphatic carbocycles. The van der Waals surface area contributed by atoms with Crippen molar-refractivity contribution < 1.29 is 12.8 Å². The van der Waals surface area contributed by atoms with Crippen molar-refractivity contribution in [1.29, 1.82) is 0 Å². The molecule has 1 heterocycles. The quantitative estimate of drug-likeness (QED) is 0.530. The summed E-state index contributed by atoms with van der Waals surface area (Å²) >= 11 is 0. The fourth-order valence-corrected chi connectivity index (χ4v) is 1.34. The molecule has 1 aromatic rings. The summed E-state index contributed by atoms with van der Waals surface area (Å²) in [6, 6.07) is 2.84. The highest BCUT2D eigenvalue weighted by molar-refractivity contribution is 7.89. The molecular formula is C8H10N2O3S. The molecule has 0 saturated carbocycles. The van der Waals surface area contributed by atoms with Gasteiger partial charge in [0.05, 0.1) is 13.1 Å². The number of rotatable bonds is 4. The van der Waals surface area contributed by atoms with Crippen molar-refractivity contribution in [3.63, 3.8) is 0 Å². The fourth-order valence-electron chi connectivity index (χ4n) is 0.864. The Labute approximate surface area is 82.3 Å². The summed E-state index contributed by atoms with van der Waals surface area (Å²) in [4.78, 5) is 0. The van der Waals surface area contributed by atoms with Crippen LogP contribution in [0.4, 0.5) is 0 Å². The topological polar surface area (TPSA) is 85.3 Å². The highest BCUT2D eigenvalue weighted by Crippen LogP contribution is 2.11. The van der Waals surface area contributed by atoms with E-state index in [2.05, 4.69) is 11.2 Å². The summed E-state index contributed by atoms with van der Waals surface area (Å²) < 4.78 is 26.6. The fraction of sp³-hybridized carbons (Fsp3) is 0.250. The van der Waals surface area contributed by atoms with Gasteiger partial charge in [0.25, 0.3) is 10.0 Å². The highest BCUT2D eigenvalue weighted by atomic mass is 32.2. The number of nitrogens with one attached hydrogen (secondary N) is 1. The van der Waals surface area contributed by atoms with E-state index in [1.165, 1.54) is 12.1 Å². The summed E-state index contributed by atoms with van der Waals surface area (Å²) in [5.41, 5.74) is 0. The van der Waals surface area contributed by atoms with Gasteiger partial charge >= 0.3 is 0 Å². The van der Waals surface area contributed by atoms with Crippen LogP contribution >= 0.6 is 0 Å². The molecular weight excluding hydrogens is 204 g/mol. The molecule has 0 bridgehead atoms. The second-order valence-corrected chi connectivity index (χ2v) is 4.07. The zero-order chi connectivity index (χ0) is 10.6. The van der Waals surface area contributed by atoms with E-state index in [1.807, 2.05) is 0 Å². The lowest BCUT2D eigenvalue weighted by molar-refractivity contribution is 0.406. The van der Waals surface area contributed by atoms with Crippen LogP contribution in [-0.2, 0) is 16.6 Å². The third kappa shape index (κ3) is 2.88. The third-order valence-corrected chi connectivity index (χ3v) is 2.22. The first-order valence-electron chi connectivity index (χ1n) is 3.79. The highest BCUT2D eigenvalue weighted by Gasteiger charge is 2.12. The number of furan rings is 1. The van der Waals surface area contributed by atoms with Gasteiger partial charge in [-0.15, -0.1) is 6.42 Å². The van der Waals surface area contributed by atoms with Gasteiger partial charge < -0.3 is 4.42 Å². The first-order valence-corrected chi connectivity index (χ1v) is 5.34. The monoisotopic (exact) mass is 214 g/mol. The Balaban J connectivity index is 2.66. The minimum atomic E-state index is -3.75. The molecule has 0 radical (unpaired) electrons. The average Bonchev–Trinajstić information content (AvgIpc) is 2.52. The third-order valence-electron chi connectivity index (χ3n) is 1.44. The Bertz CT molecular complexity index is 441. The standard InChI is InChI=1S/C8H10N2O3S/c1-2-5-10-6-7-3-4-8(13-7)14(9,11)12/h1,3-4,10H,5-6H2,(H2,9,11,12). The number of hydrogen-bond acceptors (Lipinski definition) is 4. The number of sulfonamides is 1. The number of hydrogen-bond donors (Lipinski definition) is 2. The molecule has 0 spiro atoms. The van der Waals surface area contributed by atoms with E-state index < -0.39 is 10.0 Å². The molecule has 0 fully saturated rings. The van der Waals surface area contributed by atoms with Gasteiger partial charge in [0.15, 0.2) is 0 Å². The molecule has 0 saturated heterocycles. The van der Waals surface area contributed by atoms with Crippen LogP contribution in [0.1, 0.15) is 5.76 Å². The zero-order valence-electron chi connectivity index (χ0n) is 7.36. The van der Waals surface area contributed by atoms with Crippen LogP contribution in [0, 0.1) is 12.3 Å².